The van der Waals surface area contributed by atoms with Crippen LogP contribution in [-0.4, -0.2) is 30.0 Å². The maximum atomic E-state index is 13.5. The first-order valence-corrected chi connectivity index (χ1v) is 11.8. The Bertz CT molecular complexity index is 1370. The molecule has 1 atom stereocenters. The average molecular weight is 518 g/mol. The van der Waals surface area contributed by atoms with Crippen LogP contribution in [0.5, 0.6) is 5.75 Å². The zero-order valence-electron chi connectivity index (χ0n) is 19.2. The molecule has 0 aliphatic carbocycles. The summed E-state index contributed by atoms with van der Waals surface area (Å²) >= 11 is 3.52. The lowest BCUT2D eigenvalue weighted by Crippen LogP contribution is -2.27. The van der Waals surface area contributed by atoms with Crippen molar-refractivity contribution in [1.82, 2.24) is 4.98 Å². The van der Waals surface area contributed by atoms with E-state index >= 15 is 0 Å². The Morgan fingerprint density at radius 3 is 2.47 bits per heavy atom. The summed E-state index contributed by atoms with van der Waals surface area (Å²) in [4.78, 5) is 31.2. The molecule has 0 aliphatic heterocycles. The van der Waals surface area contributed by atoms with E-state index in [4.69, 9.17) is 14.5 Å². The first-order valence-electron chi connectivity index (χ1n) is 11.0. The zero-order valence-corrected chi connectivity index (χ0v) is 20.8. The molecule has 1 aromatic heterocycles. The van der Waals surface area contributed by atoms with Crippen molar-refractivity contribution < 1.29 is 19.1 Å². The third kappa shape index (κ3) is 4.87. The van der Waals surface area contributed by atoms with E-state index in [9.17, 15) is 9.59 Å². The van der Waals surface area contributed by atoms with Gasteiger partial charge in [-0.05, 0) is 49.2 Å². The number of ether oxygens (including phenoxy) is 2. The SMILES string of the molecule is CC[C@@H](OC(=O)c1cc(-c2cccc(OC)c2)nc2c(C)cc(Br)cc12)C(=O)c1ccccc1. The number of rotatable bonds is 7. The fraction of sp³-hybridized carbons (Fsp3) is 0.179. The summed E-state index contributed by atoms with van der Waals surface area (Å²) in [5.41, 5.74) is 3.90. The number of benzene rings is 3. The van der Waals surface area contributed by atoms with Crippen LogP contribution in [0.2, 0.25) is 0 Å². The quantitative estimate of drug-likeness (QED) is 0.199. The van der Waals surface area contributed by atoms with Crippen molar-refractivity contribution in [2.24, 2.45) is 0 Å². The van der Waals surface area contributed by atoms with E-state index < -0.39 is 12.1 Å². The number of fused-ring (bicyclic) bond motifs is 1. The molecular formula is C28H24BrNO4. The number of pyridine rings is 1. The fourth-order valence-corrected chi connectivity index (χ4v) is 4.43. The van der Waals surface area contributed by atoms with Crippen LogP contribution in [0.25, 0.3) is 22.2 Å². The summed E-state index contributed by atoms with van der Waals surface area (Å²) in [5, 5.41) is 0.658. The third-order valence-corrected chi connectivity index (χ3v) is 6.08. The number of esters is 1. The van der Waals surface area contributed by atoms with Crippen molar-refractivity contribution in [2.45, 2.75) is 26.4 Å². The first-order chi connectivity index (χ1) is 16.4. The highest BCUT2D eigenvalue weighted by atomic mass is 79.9. The zero-order chi connectivity index (χ0) is 24.2. The van der Waals surface area contributed by atoms with Gasteiger partial charge in [-0.3, -0.25) is 4.79 Å². The molecule has 1 heterocycles. The Labute approximate surface area is 206 Å². The van der Waals surface area contributed by atoms with Gasteiger partial charge >= 0.3 is 5.97 Å². The van der Waals surface area contributed by atoms with Crippen molar-refractivity contribution in [3.8, 4) is 17.0 Å². The van der Waals surface area contributed by atoms with Crippen LogP contribution in [0.3, 0.4) is 0 Å². The van der Waals surface area contributed by atoms with Crippen molar-refractivity contribution in [2.75, 3.05) is 7.11 Å². The number of nitrogens with zero attached hydrogens (tertiary/aromatic N) is 1. The van der Waals surface area contributed by atoms with E-state index in [1.54, 1.807) is 37.4 Å². The molecule has 0 saturated carbocycles. The summed E-state index contributed by atoms with van der Waals surface area (Å²) < 4.78 is 12.0. The lowest BCUT2D eigenvalue weighted by atomic mass is 10.0. The van der Waals surface area contributed by atoms with Crippen molar-refractivity contribution in [1.29, 1.82) is 0 Å². The van der Waals surface area contributed by atoms with Gasteiger partial charge in [0.2, 0.25) is 5.78 Å². The number of ketones is 1. The van der Waals surface area contributed by atoms with Crippen molar-refractivity contribution in [3.05, 3.63) is 94.0 Å². The second kappa shape index (κ2) is 10.2. The molecule has 0 aliphatic rings. The highest BCUT2D eigenvalue weighted by Gasteiger charge is 2.25. The van der Waals surface area contributed by atoms with Crippen LogP contribution >= 0.6 is 15.9 Å². The van der Waals surface area contributed by atoms with Gasteiger partial charge < -0.3 is 9.47 Å². The molecule has 0 N–H and O–H groups in total. The Morgan fingerprint density at radius 1 is 1.00 bits per heavy atom. The predicted molar refractivity (Wildman–Crippen MR) is 136 cm³/mol. The molecule has 0 fully saturated rings. The molecule has 0 radical (unpaired) electrons. The topological polar surface area (TPSA) is 65.5 Å². The van der Waals surface area contributed by atoms with E-state index in [1.807, 2.05) is 56.3 Å². The highest BCUT2D eigenvalue weighted by molar-refractivity contribution is 9.10. The summed E-state index contributed by atoms with van der Waals surface area (Å²) in [5.74, 6) is -0.0964. The smallest absolute Gasteiger partial charge is 0.339 e. The molecule has 0 bridgehead atoms. The number of hydrogen-bond acceptors (Lipinski definition) is 5. The van der Waals surface area contributed by atoms with Gasteiger partial charge in [0.05, 0.1) is 23.9 Å². The van der Waals surface area contributed by atoms with Gasteiger partial charge in [0.1, 0.15) is 5.75 Å². The number of carbonyl (C=O) groups is 2. The molecule has 0 saturated heterocycles. The van der Waals surface area contributed by atoms with Crippen LogP contribution in [-0.2, 0) is 4.74 Å². The first kappa shape index (κ1) is 23.6. The van der Waals surface area contributed by atoms with E-state index in [1.165, 1.54) is 0 Å². The summed E-state index contributed by atoms with van der Waals surface area (Å²) in [6.07, 6.45) is -0.514. The van der Waals surface area contributed by atoms with Crippen LogP contribution in [0.4, 0.5) is 0 Å². The van der Waals surface area contributed by atoms with Gasteiger partial charge in [0.25, 0.3) is 0 Å². The molecule has 34 heavy (non-hydrogen) atoms. The minimum atomic E-state index is -0.883. The number of halogens is 1. The molecule has 0 amide bonds. The van der Waals surface area contributed by atoms with E-state index in [0.29, 0.717) is 39.9 Å². The highest BCUT2D eigenvalue weighted by Crippen LogP contribution is 2.31. The second-order valence-electron chi connectivity index (χ2n) is 7.94. The lowest BCUT2D eigenvalue weighted by molar-refractivity contribution is 0.0279. The Morgan fingerprint density at radius 2 is 1.76 bits per heavy atom. The molecule has 4 aromatic rings. The number of aromatic nitrogens is 1. The molecule has 0 unspecified atom stereocenters. The molecule has 0 spiro atoms. The van der Waals surface area contributed by atoms with Gasteiger partial charge in [0, 0.05) is 21.0 Å². The number of Topliss-reactive ketones (excluding diaryl/α,β-unsaturated/α-hetero) is 1. The predicted octanol–water partition coefficient (Wildman–Crippen LogP) is 6.80. The van der Waals surface area contributed by atoms with E-state index in [0.717, 1.165) is 15.6 Å². The van der Waals surface area contributed by atoms with Crippen LogP contribution in [0.15, 0.2) is 77.3 Å². The summed E-state index contributed by atoms with van der Waals surface area (Å²) in [7, 11) is 1.60. The maximum absolute atomic E-state index is 13.5. The summed E-state index contributed by atoms with van der Waals surface area (Å²) in [6.45, 7) is 3.77. The molecule has 4 rings (SSSR count). The Hall–Kier alpha value is -3.51. The number of carbonyl (C=O) groups excluding carboxylic acids is 2. The standard InChI is InChI=1S/C28H24BrNO4/c1-4-25(27(31)18-9-6-5-7-10-18)34-28(32)23-16-24(19-11-8-12-21(14-19)33-3)30-26-17(2)13-20(29)15-22(23)26/h5-16,25H,4H2,1-3H3/t25-/m1/s1. The molecule has 6 heteroatoms. The Kier molecular flexibility index (Phi) is 7.08. The van der Waals surface area contributed by atoms with Gasteiger partial charge in [-0.2, -0.15) is 0 Å². The van der Waals surface area contributed by atoms with Crippen LogP contribution in [0, 0.1) is 6.92 Å². The van der Waals surface area contributed by atoms with Crippen molar-refractivity contribution >= 4 is 38.6 Å². The minimum Gasteiger partial charge on any atom is -0.497 e. The molecular weight excluding hydrogens is 494 g/mol. The third-order valence-electron chi connectivity index (χ3n) is 5.62. The van der Waals surface area contributed by atoms with Crippen LogP contribution < -0.4 is 4.74 Å². The number of aryl methyl sites for hydroxylation is 1. The molecule has 5 nitrogen and oxygen atoms in total. The fourth-order valence-electron chi connectivity index (χ4n) is 3.86. The molecule has 172 valence electrons. The van der Waals surface area contributed by atoms with Gasteiger partial charge in [-0.15, -0.1) is 0 Å². The Balaban J connectivity index is 1.79. The van der Waals surface area contributed by atoms with E-state index in [2.05, 4.69) is 15.9 Å². The summed E-state index contributed by atoms with van der Waals surface area (Å²) in [6, 6.07) is 21.9. The maximum Gasteiger partial charge on any atom is 0.339 e. The average Bonchev–Trinajstić information content (AvgIpc) is 2.86. The van der Waals surface area contributed by atoms with Gasteiger partial charge in [0.15, 0.2) is 6.10 Å². The monoisotopic (exact) mass is 517 g/mol. The number of methoxy groups -OCH3 is 1. The normalized spacial score (nSPS) is 11.8. The van der Waals surface area contributed by atoms with Gasteiger partial charge in [-0.25, -0.2) is 9.78 Å². The molecule has 3 aromatic carbocycles. The second-order valence-corrected chi connectivity index (χ2v) is 8.85. The van der Waals surface area contributed by atoms with E-state index in [-0.39, 0.29) is 5.78 Å². The van der Waals surface area contributed by atoms with Crippen molar-refractivity contribution in [3.63, 3.8) is 0 Å². The lowest BCUT2D eigenvalue weighted by Gasteiger charge is -2.17. The minimum absolute atomic E-state index is 0.222. The number of hydrogen-bond donors (Lipinski definition) is 0. The van der Waals surface area contributed by atoms with Crippen LogP contribution in [0.1, 0.15) is 39.6 Å². The largest absolute Gasteiger partial charge is 0.497 e. The van der Waals surface area contributed by atoms with Gasteiger partial charge in [-0.1, -0.05) is 65.3 Å².